The number of nitrogens with one attached hydrogen (secondary N) is 1. The van der Waals surface area contributed by atoms with Gasteiger partial charge in [-0.05, 0) is 13.0 Å². The van der Waals surface area contributed by atoms with Crippen LogP contribution in [0.3, 0.4) is 0 Å². The van der Waals surface area contributed by atoms with Crippen LogP contribution in [0.5, 0.6) is 0 Å². The third kappa shape index (κ3) is 4.03. The molecule has 1 aromatic heterocycles. The number of imidazole rings is 1. The van der Waals surface area contributed by atoms with E-state index in [0.717, 1.165) is 18.8 Å². The second-order valence-electron chi connectivity index (χ2n) is 5.66. The van der Waals surface area contributed by atoms with Crippen LogP contribution in [-0.4, -0.2) is 59.3 Å². The first kappa shape index (κ1) is 16.4. The number of rotatable bonds is 7. The van der Waals surface area contributed by atoms with Gasteiger partial charge in [0.15, 0.2) is 0 Å². The molecular weight excluding hydrogens is 290 g/mol. The van der Waals surface area contributed by atoms with E-state index in [0.29, 0.717) is 32.2 Å². The Balaban J connectivity index is 1.89. The van der Waals surface area contributed by atoms with E-state index in [1.165, 1.54) is 8.61 Å². The van der Waals surface area contributed by atoms with Crippen LogP contribution >= 0.6 is 0 Å². The standard InChI is InChI=1S/C13H25N5O2S/c1-12(2)14-5-4-7-16(3)21(19,20)18-10-9-17-8-6-15-13(17)11-18/h6,8,12,14H,4-5,7,9-11H2,1-3H3. The minimum absolute atomic E-state index is 0.351. The molecule has 1 aliphatic heterocycles. The molecule has 0 atom stereocenters. The highest BCUT2D eigenvalue weighted by atomic mass is 32.2. The van der Waals surface area contributed by atoms with Crippen LogP contribution in [0, 0.1) is 0 Å². The quantitative estimate of drug-likeness (QED) is 0.733. The molecule has 0 saturated heterocycles. The Labute approximate surface area is 127 Å². The lowest BCUT2D eigenvalue weighted by molar-refractivity contribution is 0.305. The fourth-order valence-electron chi connectivity index (χ4n) is 2.35. The summed E-state index contributed by atoms with van der Waals surface area (Å²) in [6.07, 6.45) is 4.41. The van der Waals surface area contributed by atoms with Crippen LogP contribution in [0.2, 0.25) is 0 Å². The van der Waals surface area contributed by atoms with Gasteiger partial charge < -0.3 is 9.88 Å². The summed E-state index contributed by atoms with van der Waals surface area (Å²) in [5.41, 5.74) is 0. The lowest BCUT2D eigenvalue weighted by Gasteiger charge is -2.30. The number of fused-ring (bicyclic) bond motifs is 1. The van der Waals surface area contributed by atoms with Crippen LogP contribution in [-0.2, 0) is 23.3 Å². The molecule has 0 aromatic carbocycles. The number of nitrogens with zero attached hydrogens (tertiary/aromatic N) is 4. The normalized spacial score (nSPS) is 16.6. The number of hydrogen-bond acceptors (Lipinski definition) is 4. The van der Waals surface area contributed by atoms with Crippen LogP contribution in [0.1, 0.15) is 26.1 Å². The second kappa shape index (κ2) is 6.87. The first-order valence-electron chi connectivity index (χ1n) is 7.36. The minimum Gasteiger partial charge on any atom is -0.333 e. The summed E-state index contributed by atoms with van der Waals surface area (Å²) in [4.78, 5) is 4.20. The van der Waals surface area contributed by atoms with Crippen molar-refractivity contribution in [3.63, 3.8) is 0 Å². The van der Waals surface area contributed by atoms with Gasteiger partial charge >= 0.3 is 0 Å². The van der Waals surface area contributed by atoms with Gasteiger partial charge in [0.2, 0.25) is 0 Å². The minimum atomic E-state index is -3.40. The van der Waals surface area contributed by atoms with Crippen LogP contribution in [0.15, 0.2) is 12.4 Å². The fourth-order valence-corrected chi connectivity index (χ4v) is 3.70. The van der Waals surface area contributed by atoms with Crippen molar-refractivity contribution in [2.75, 3.05) is 26.7 Å². The zero-order valence-corrected chi connectivity index (χ0v) is 13.8. The molecule has 0 amide bonds. The third-order valence-electron chi connectivity index (χ3n) is 3.63. The molecule has 1 aliphatic rings. The number of hydrogen-bond donors (Lipinski definition) is 1. The first-order valence-corrected chi connectivity index (χ1v) is 8.75. The van der Waals surface area contributed by atoms with E-state index in [-0.39, 0.29) is 0 Å². The van der Waals surface area contributed by atoms with Crippen molar-refractivity contribution in [3.8, 4) is 0 Å². The highest BCUT2D eigenvalue weighted by molar-refractivity contribution is 7.86. The van der Waals surface area contributed by atoms with Gasteiger partial charge in [-0.3, -0.25) is 0 Å². The highest BCUT2D eigenvalue weighted by Crippen LogP contribution is 2.16. The van der Waals surface area contributed by atoms with E-state index in [9.17, 15) is 8.42 Å². The summed E-state index contributed by atoms with van der Waals surface area (Å²) >= 11 is 0. The fraction of sp³-hybridized carbons (Fsp3) is 0.769. The van der Waals surface area contributed by atoms with E-state index in [1.54, 1.807) is 13.2 Å². The molecule has 0 unspecified atom stereocenters. The molecule has 7 nitrogen and oxygen atoms in total. The molecule has 0 aliphatic carbocycles. The van der Waals surface area contributed by atoms with Gasteiger partial charge in [0.1, 0.15) is 5.82 Å². The van der Waals surface area contributed by atoms with Crippen molar-refractivity contribution in [1.29, 1.82) is 0 Å². The van der Waals surface area contributed by atoms with E-state index in [4.69, 9.17) is 0 Å². The Bertz CT molecular complexity index is 555. The number of aromatic nitrogens is 2. The molecule has 0 spiro atoms. The van der Waals surface area contributed by atoms with Gasteiger partial charge in [-0.2, -0.15) is 17.0 Å². The SMILES string of the molecule is CC(C)NCCCN(C)S(=O)(=O)N1CCn2ccnc2C1. The molecule has 8 heteroatoms. The maximum atomic E-state index is 12.5. The molecule has 2 heterocycles. The van der Waals surface area contributed by atoms with Crippen LogP contribution in [0.25, 0.3) is 0 Å². The van der Waals surface area contributed by atoms with Crippen LogP contribution < -0.4 is 5.32 Å². The second-order valence-corrected chi connectivity index (χ2v) is 7.70. The predicted molar refractivity (Wildman–Crippen MR) is 81.9 cm³/mol. The summed E-state index contributed by atoms with van der Waals surface area (Å²) < 4.78 is 30.0. The molecular formula is C13H25N5O2S. The van der Waals surface area contributed by atoms with Gasteiger partial charge in [0.05, 0.1) is 6.54 Å². The Hall–Kier alpha value is -0.960. The summed E-state index contributed by atoms with van der Waals surface area (Å²) in [6.45, 7) is 7.02. The van der Waals surface area contributed by atoms with Crippen molar-refractivity contribution in [1.82, 2.24) is 23.5 Å². The largest absolute Gasteiger partial charge is 0.333 e. The Morgan fingerprint density at radius 3 is 2.90 bits per heavy atom. The van der Waals surface area contributed by atoms with Crippen molar-refractivity contribution < 1.29 is 8.42 Å². The van der Waals surface area contributed by atoms with Gasteiger partial charge in [-0.25, -0.2) is 4.98 Å². The Morgan fingerprint density at radius 1 is 1.43 bits per heavy atom. The van der Waals surface area contributed by atoms with Crippen molar-refractivity contribution in [2.45, 2.75) is 39.4 Å². The monoisotopic (exact) mass is 315 g/mol. The van der Waals surface area contributed by atoms with E-state index in [1.807, 2.05) is 10.8 Å². The molecule has 0 saturated carbocycles. The first-order chi connectivity index (χ1) is 9.91. The lowest BCUT2D eigenvalue weighted by Crippen LogP contribution is -2.46. The van der Waals surface area contributed by atoms with E-state index in [2.05, 4.69) is 24.1 Å². The predicted octanol–water partition coefficient (Wildman–Crippen LogP) is 0.263. The van der Waals surface area contributed by atoms with Gasteiger partial charge in [0, 0.05) is 45.1 Å². The highest BCUT2D eigenvalue weighted by Gasteiger charge is 2.30. The van der Waals surface area contributed by atoms with E-state index >= 15 is 0 Å². The third-order valence-corrected chi connectivity index (χ3v) is 5.57. The Morgan fingerprint density at radius 2 is 2.19 bits per heavy atom. The smallest absolute Gasteiger partial charge is 0.282 e. The lowest BCUT2D eigenvalue weighted by atomic mass is 10.3. The molecule has 0 bridgehead atoms. The average molecular weight is 315 g/mol. The zero-order chi connectivity index (χ0) is 15.5. The molecule has 1 N–H and O–H groups in total. The topological polar surface area (TPSA) is 70.5 Å². The molecule has 0 radical (unpaired) electrons. The summed E-state index contributed by atoms with van der Waals surface area (Å²) in [7, 11) is -1.75. The van der Waals surface area contributed by atoms with Crippen LogP contribution in [0.4, 0.5) is 0 Å². The maximum Gasteiger partial charge on any atom is 0.282 e. The zero-order valence-electron chi connectivity index (χ0n) is 13.0. The summed E-state index contributed by atoms with van der Waals surface area (Å²) in [5.74, 6) is 0.805. The summed E-state index contributed by atoms with van der Waals surface area (Å²) in [5, 5.41) is 3.29. The van der Waals surface area contributed by atoms with Gasteiger partial charge in [-0.15, -0.1) is 0 Å². The molecule has 1 aromatic rings. The molecule has 0 fully saturated rings. The van der Waals surface area contributed by atoms with Gasteiger partial charge in [0.25, 0.3) is 10.2 Å². The van der Waals surface area contributed by atoms with Crippen molar-refractivity contribution >= 4 is 10.2 Å². The van der Waals surface area contributed by atoms with E-state index < -0.39 is 10.2 Å². The van der Waals surface area contributed by atoms with Crippen molar-refractivity contribution in [3.05, 3.63) is 18.2 Å². The molecule has 2 rings (SSSR count). The molecule has 21 heavy (non-hydrogen) atoms. The maximum absolute atomic E-state index is 12.5. The molecule has 120 valence electrons. The van der Waals surface area contributed by atoms with Gasteiger partial charge in [-0.1, -0.05) is 13.8 Å². The van der Waals surface area contributed by atoms with Crippen molar-refractivity contribution in [2.24, 2.45) is 0 Å². The Kier molecular flexibility index (Phi) is 5.37. The summed E-state index contributed by atoms with van der Waals surface area (Å²) in [6, 6.07) is 0.424. The average Bonchev–Trinajstić information content (AvgIpc) is 2.90.